The Balaban J connectivity index is 2.00. The van der Waals surface area contributed by atoms with Crippen molar-refractivity contribution in [3.8, 4) is 0 Å². The van der Waals surface area contributed by atoms with E-state index in [4.69, 9.17) is 18.9 Å². The number of nitrogens with one attached hydrogen (secondary N) is 3. The molecule has 0 radical (unpaired) electrons. The fraction of sp³-hybridized carbons (Fsp3) is 0.727. The molecule has 10 atom stereocenters. The van der Waals surface area contributed by atoms with E-state index in [1.807, 2.05) is 0 Å². The summed E-state index contributed by atoms with van der Waals surface area (Å²) in [6.07, 6.45) is -6.48. The second-order valence-electron chi connectivity index (χ2n) is 8.40. The molecule has 0 spiro atoms. The maximum absolute atomic E-state index is 11.5. The predicted molar refractivity (Wildman–Crippen MR) is 122 cm³/mol. The monoisotopic (exact) mass is 503 g/mol. The standard InChI is InChI=1S/C22H37N3O10/c1-5-7-32-21-15(24-11(3)26)19(30)17(28)13(34-21)9-23-10-14-18(29)20(31)16(25-12(4)27)22(35-14)33-8-6-2/h5-6,13-23,28-31H,1-2,7-10H2,3-4H3,(H,24,26)(H,25,27)/t13-,14-,15-,16-,17-,18-,19-,20-,21+,22+/m1/s1. The molecule has 2 fully saturated rings. The highest BCUT2D eigenvalue weighted by molar-refractivity contribution is 5.73. The van der Waals surface area contributed by atoms with Gasteiger partial charge >= 0.3 is 0 Å². The zero-order valence-electron chi connectivity index (χ0n) is 19.9. The molecule has 0 aromatic carbocycles. The van der Waals surface area contributed by atoms with Gasteiger partial charge in [0.15, 0.2) is 12.6 Å². The van der Waals surface area contributed by atoms with Crippen LogP contribution in [0.25, 0.3) is 0 Å². The van der Waals surface area contributed by atoms with Gasteiger partial charge < -0.3 is 55.3 Å². The van der Waals surface area contributed by atoms with Crippen molar-refractivity contribution in [2.24, 2.45) is 0 Å². The summed E-state index contributed by atoms with van der Waals surface area (Å²) in [6, 6.07) is -1.99. The molecule has 2 saturated heterocycles. The van der Waals surface area contributed by atoms with Crippen molar-refractivity contribution in [2.75, 3.05) is 26.3 Å². The van der Waals surface area contributed by atoms with Crippen LogP contribution in [0.5, 0.6) is 0 Å². The second-order valence-corrected chi connectivity index (χ2v) is 8.40. The highest BCUT2D eigenvalue weighted by atomic mass is 16.7. The van der Waals surface area contributed by atoms with Crippen molar-refractivity contribution in [3.63, 3.8) is 0 Å². The van der Waals surface area contributed by atoms with E-state index in [1.165, 1.54) is 26.0 Å². The first kappa shape index (κ1) is 29.3. The Morgan fingerprint density at radius 3 is 1.46 bits per heavy atom. The van der Waals surface area contributed by atoms with Crippen LogP contribution in [-0.4, -0.2) is 120 Å². The van der Waals surface area contributed by atoms with Crippen molar-refractivity contribution >= 4 is 11.8 Å². The number of carbonyl (C=O) groups excluding carboxylic acids is 2. The lowest BCUT2D eigenvalue weighted by Gasteiger charge is -2.44. The minimum Gasteiger partial charge on any atom is -0.388 e. The Kier molecular flexibility index (Phi) is 11.7. The van der Waals surface area contributed by atoms with Crippen LogP contribution in [0.1, 0.15) is 13.8 Å². The van der Waals surface area contributed by atoms with Crippen LogP contribution in [-0.2, 0) is 28.5 Å². The fourth-order valence-electron chi connectivity index (χ4n) is 3.96. The summed E-state index contributed by atoms with van der Waals surface area (Å²) in [5.41, 5.74) is 0. The molecular weight excluding hydrogens is 466 g/mol. The SMILES string of the molecule is C=CCO[C@H]1O[C@H](CNC[C@H]2O[C@H](OCC=C)[C@H](NC(C)=O)[C@@H](O)[C@@H]2O)[C@@H](O)[C@H](O)[C@H]1NC(C)=O. The number of aliphatic hydroxyl groups is 4. The number of carbonyl (C=O) groups is 2. The number of rotatable bonds is 12. The molecule has 0 aromatic heterocycles. The third-order valence-corrected chi connectivity index (χ3v) is 5.59. The first-order valence-corrected chi connectivity index (χ1v) is 11.3. The quantitative estimate of drug-likeness (QED) is 0.134. The lowest BCUT2D eigenvalue weighted by atomic mass is 9.95. The molecule has 2 aliphatic rings. The van der Waals surface area contributed by atoms with Crippen LogP contribution in [0.4, 0.5) is 0 Å². The molecule has 0 aliphatic carbocycles. The molecule has 200 valence electrons. The molecule has 2 aliphatic heterocycles. The first-order valence-electron chi connectivity index (χ1n) is 11.3. The van der Waals surface area contributed by atoms with E-state index in [2.05, 4.69) is 29.1 Å². The van der Waals surface area contributed by atoms with Gasteiger partial charge in [0.05, 0.1) is 13.2 Å². The number of aliphatic hydroxyl groups excluding tert-OH is 4. The van der Waals surface area contributed by atoms with Gasteiger partial charge in [-0.15, -0.1) is 13.2 Å². The molecule has 2 rings (SSSR count). The Bertz CT molecular complexity index is 668. The topological polar surface area (TPSA) is 188 Å². The van der Waals surface area contributed by atoms with E-state index in [0.29, 0.717) is 0 Å². The molecule has 0 aromatic rings. The molecule has 2 amide bonds. The van der Waals surface area contributed by atoms with Crippen molar-refractivity contribution in [3.05, 3.63) is 25.3 Å². The third-order valence-electron chi connectivity index (χ3n) is 5.59. The molecule has 13 heteroatoms. The number of hydrogen-bond donors (Lipinski definition) is 7. The minimum atomic E-state index is -1.37. The minimum absolute atomic E-state index is 0.00888. The van der Waals surface area contributed by atoms with Crippen molar-refractivity contribution in [1.29, 1.82) is 0 Å². The van der Waals surface area contributed by atoms with Crippen LogP contribution >= 0.6 is 0 Å². The third kappa shape index (κ3) is 8.03. The highest BCUT2D eigenvalue weighted by Crippen LogP contribution is 2.24. The van der Waals surface area contributed by atoms with Gasteiger partial charge in [-0.3, -0.25) is 9.59 Å². The fourth-order valence-corrected chi connectivity index (χ4v) is 3.96. The van der Waals surface area contributed by atoms with Crippen LogP contribution in [0.2, 0.25) is 0 Å². The van der Waals surface area contributed by atoms with Crippen molar-refractivity contribution in [1.82, 2.24) is 16.0 Å². The summed E-state index contributed by atoms with van der Waals surface area (Å²) in [7, 11) is 0. The Morgan fingerprint density at radius 1 is 0.771 bits per heavy atom. The van der Waals surface area contributed by atoms with Crippen LogP contribution in [0.15, 0.2) is 25.3 Å². The van der Waals surface area contributed by atoms with Gasteiger partial charge in [0.1, 0.15) is 48.7 Å². The largest absolute Gasteiger partial charge is 0.388 e. The molecule has 35 heavy (non-hydrogen) atoms. The van der Waals surface area contributed by atoms with E-state index in [1.54, 1.807) is 0 Å². The predicted octanol–water partition coefficient (Wildman–Crippen LogP) is -3.12. The van der Waals surface area contributed by atoms with Gasteiger partial charge in [-0.25, -0.2) is 0 Å². The molecule has 13 nitrogen and oxygen atoms in total. The smallest absolute Gasteiger partial charge is 0.217 e. The first-order chi connectivity index (χ1) is 16.6. The summed E-state index contributed by atoms with van der Waals surface area (Å²) >= 11 is 0. The van der Waals surface area contributed by atoms with E-state index in [0.717, 1.165) is 0 Å². The summed E-state index contributed by atoms with van der Waals surface area (Å²) < 4.78 is 22.5. The maximum atomic E-state index is 11.5. The summed E-state index contributed by atoms with van der Waals surface area (Å²) in [4.78, 5) is 23.0. The highest BCUT2D eigenvalue weighted by Gasteiger charge is 2.47. The number of amides is 2. The number of hydrogen-bond acceptors (Lipinski definition) is 11. The van der Waals surface area contributed by atoms with Crippen LogP contribution < -0.4 is 16.0 Å². The summed E-state index contributed by atoms with van der Waals surface area (Å²) in [5.74, 6) is -0.858. The Labute approximate surface area is 204 Å². The van der Waals surface area contributed by atoms with Gasteiger partial charge in [-0.1, -0.05) is 12.2 Å². The zero-order valence-corrected chi connectivity index (χ0v) is 19.9. The number of ether oxygens (including phenoxy) is 4. The lowest BCUT2D eigenvalue weighted by Crippen LogP contribution is -2.66. The average molecular weight is 504 g/mol. The average Bonchev–Trinajstić information content (AvgIpc) is 2.80. The second kappa shape index (κ2) is 14.0. The summed E-state index contributed by atoms with van der Waals surface area (Å²) in [5, 5.41) is 50.1. The van der Waals surface area contributed by atoms with Crippen molar-refractivity contribution < 1.29 is 49.0 Å². The van der Waals surface area contributed by atoms with Gasteiger partial charge in [0, 0.05) is 26.9 Å². The Hall–Kier alpha value is -1.94. The van der Waals surface area contributed by atoms with Crippen LogP contribution in [0, 0.1) is 0 Å². The molecule has 2 heterocycles. The lowest BCUT2D eigenvalue weighted by molar-refractivity contribution is -0.265. The van der Waals surface area contributed by atoms with E-state index < -0.39 is 73.1 Å². The zero-order chi connectivity index (χ0) is 26.1. The molecular formula is C22H37N3O10. The van der Waals surface area contributed by atoms with Crippen molar-refractivity contribution in [2.45, 2.75) is 75.1 Å². The molecule has 0 unspecified atom stereocenters. The normalized spacial score (nSPS) is 37.3. The van der Waals surface area contributed by atoms with Gasteiger partial charge in [-0.2, -0.15) is 0 Å². The Morgan fingerprint density at radius 2 is 1.14 bits per heavy atom. The summed E-state index contributed by atoms with van der Waals surface area (Å²) in [6.45, 7) is 9.84. The molecule has 7 N–H and O–H groups in total. The van der Waals surface area contributed by atoms with Gasteiger partial charge in [0.2, 0.25) is 11.8 Å². The van der Waals surface area contributed by atoms with E-state index in [9.17, 15) is 30.0 Å². The van der Waals surface area contributed by atoms with Gasteiger partial charge in [0.25, 0.3) is 0 Å². The maximum Gasteiger partial charge on any atom is 0.217 e. The van der Waals surface area contributed by atoms with Crippen LogP contribution in [0.3, 0.4) is 0 Å². The van der Waals surface area contributed by atoms with E-state index in [-0.39, 0.29) is 26.3 Å². The van der Waals surface area contributed by atoms with Gasteiger partial charge in [-0.05, 0) is 0 Å². The molecule has 0 bridgehead atoms. The van der Waals surface area contributed by atoms with E-state index >= 15 is 0 Å². The molecule has 0 saturated carbocycles.